The summed E-state index contributed by atoms with van der Waals surface area (Å²) in [5.74, 6) is 0.203. The van der Waals surface area contributed by atoms with Gasteiger partial charge in [0.05, 0.1) is 36.2 Å². The van der Waals surface area contributed by atoms with Gasteiger partial charge in [-0.15, -0.1) is 0 Å². The summed E-state index contributed by atoms with van der Waals surface area (Å²) < 4.78 is 27.4. The van der Waals surface area contributed by atoms with Gasteiger partial charge >= 0.3 is 0 Å². The van der Waals surface area contributed by atoms with E-state index in [-0.39, 0.29) is 28.9 Å². The largest absolute Gasteiger partial charge is 0.496 e. The lowest BCUT2D eigenvalue weighted by Gasteiger charge is -2.28. The van der Waals surface area contributed by atoms with E-state index in [0.29, 0.717) is 25.4 Å². The fourth-order valence-corrected chi connectivity index (χ4v) is 5.21. The molecule has 1 amide bonds. The first kappa shape index (κ1) is 26.5. The van der Waals surface area contributed by atoms with Crippen molar-refractivity contribution in [3.63, 3.8) is 0 Å². The summed E-state index contributed by atoms with van der Waals surface area (Å²) in [4.78, 5) is 29.2. The van der Waals surface area contributed by atoms with Crippen LogP contribution in [0.25, 0.3) is 22.4 Å². The summed E-state index contributed by atoms with van der Waals surface area (Å²) in [5, 5.41) is 3.02. The van der Waals surface area contributed by atoms with Gasteiger partial charge in [-0.2, -0.15) is 0 Å². The molecule has 0 saturated carbocycles. The normalized spacial score (nSPS) is 15.2. The highest BCUT2D eigenvalue weighted by atomic mass is 19.1. The Kier molecular flexibility index (Phi) is 7.71. The number of ether oxygens (including phenoxy) is 2. The summed E-state index contributed by atoms with van der Waals surface area (Å²) in [7, 11) is 3.11. The molecule has 0 radical (unpaired) electrons. The van der Waals surface area contributed by atoms with Crippen LogP contribution in [-0.2, 0) is 11.3 Å². The molecule has 1 fully saturated rings. The minimum absolute atomic E-state index is 0.0588. The van der Waals surface area contributed by atoms with Crippen LogP contribution in [0, 0.1) is 12.7 Å². The number of halogens is 1. The van der Waals surface area contributed by atoms with Gasteiger partial charge in [0.2, 0.25) is 0 Å². The summed E-state index contributed by atoms with van der Waals surface area (Å²) >= 11 is 0. The molecule has 4 aromatic rings. The molecule has 204 valence electrons. The van der Waals surface area contributed by atoms with Crippen LogP contribution in [0.15, 0.2) is 42.6 Å². The zero-order valence-corrected chi connectivity index (χ0v) is 22.3. The standard InChI is InChI=1S/C28H32FN7O3/c1-17-32-25-22(35(17)14-15-38-2)10-9-20(26(25)36-13-5-6-18(36)16-30)34-28(37)21-11-12-31-27(33-21)24-19(29)7-4-8-23(24)39-3/h4,7-12,18H,5-6,13-16,30H2,1-3H3,(H,34,37). The highest BCUT2D eigenvalue weighted by molar-refractivity contribution is 6.08. The Morgan fingerprint density at radius 1 is 1.21 bits per heavy atom. The van der Waals surface area contributed by atoms with Gasteiger partial charge in [-0.1, -0.05) is 6.07 Å². The van der Waals surface area contributed by atoms with Gasteiger partial charge in [0, 0.05) is 39.0 Å². The second kappa shape index (κ2) is 11.3. The number of carbonyl (C=O) groups excluding carboxylic acids is 1. The molecule has 3 heterocycles. The number of amides is 1. The first-order valence-corrected chi connectivity index (χ1v) is 12.9. The molecular formula is C28H32FN7O3. The maximum Gasteiger partial charge on any atom is 0.274 e. The molecule has 1 unspecified atom stereocenters. The van der Waals surface area contributed by atoms with E-state index in [1.54, 1.807) is 13.2 Å². The number of aryl methyl sites for hydroxylation is 1. The van der Waals surface area contributed by atoms with Crippen molar-refractivity contribution in [2.24, 2.45) is 5.73 Å². The quantitative estimate of drug-likeness (QED) is 0.334. The third kappa shape index (κ3) is 5.02. The smallest absolute Gasteiger partial charge is 0.274 e. The average molecular weight is 534 g/mol. The van der Waals surface area contributed by atoms with Crippen molar-refractivity contribution >= 4 is 28.3 Å². The highest BCUT2D eigenvalue weighted by Gasteiger charge is 2.29. The number of carbonyl (C=O) groups is 1. The van der Waals surface area contributed by atoms with Crippen molar-refractivity contribution in [1.29, 1.82) is 0 Å². The van der Waals surface area contributed by atoms with Crippen molar-refractivity contribution in [1.82, 2.24) is 19.5 Å². The number of hydrogen-bond acceptors (Lipinski definition) is 8. The molecule has 1 aliphatic rings. The average Bonchev–Trinajstić information content (AvgIpc) is 3.55. The first-order chi connectivity index (χ1) is 19.0. The molecule has 0 bridgehead atoms. The number of nitrogens with two attached hydrogens (primary N) is 1. The molecule has 1 atom stereocenters. The van der Waals surface area contributed by atoms with Gasteiger partial charge in [0.1, 0.15) is 28.6 Å². The molecule has 0 spiro atoms. The van der Waals surface area contributed by atoms with E-state index < -0.39 is 11.7 Å². The summed E-state index contributed by atoms with van der Waals surface area (Å²) in [5.41, 5.74) is 9.50. The van der Waals surface area contributed by atoms with Crippen LogP contribution in [0.5, 0.6) is 5.75 Å². The fraction of sp³-hybridized carbons (Fsp3) is 0.357. The van der Waals surface area contributed by atoms with Gasteiger partial charge in [0.25, 0.3) is 5.91 Å². The lowest BCUT2D eigenvalue weighted by Crippen LogP contribution is -2.36. The van der Waals surface area contributed by atoms with Crippen molar-refractivity contribution in [3.05, 3.63) is 59.9 Å². The van der Waals surface area contributed by atoms with E-state index in [9.17, 15) is 9.18 Å². The van der Waals surface area contributed by atoms with Crippen molar-refractivity contribution in [3.8, 4) is 17.1 Å². The first-order valence-electron chi connectivity index (χ1n) is 12.9. The molecule has 3 N–H and O–H groups in total. The van der Waals surface area contributed by atoms with Crippen LogP contribution in [0.4, 0.5) is 15.8 Å². The number of imidazole rings is 1. The molecule has 11 heteroatoms. The number of nitrogens with one attached hydrogen (secondary N) is 1. The van der Waals surface area contributed by atoms with Crippen LogP contribution < -0.4 is 20.7 Å². The van der Waals surface area contributed by atoms with Crippen molar-refractivity contribution < 1.29 is 18.7 Å². The second-order valence-electron chi connectivity index (χ2n) is 9.39. The zero-order chi connectivity index (χ0) is 27.5. The van der Waals surface area contributed by atoms with Crippen LogP contribution in [0.3, 0.4) is 0 Å². The zero-order valence-electron chi connectivity index (χ0n) is 22.3. The summed E-state index contributed by atoms with van der Waals surface area (Å²) in [6.45, 7) is 4.47. The van der Waals surface area contributed by atoms with Gasteiger partial charge in [-0.3, -0.25) is 4.79 Å². The monoisotopic (exact) mass is 533 g/mol. The number of anilines is 2. The van der Waals surface area contributed by atoms with Gasteiger partial charge in [-0.05, 0) is 50.1 Å². The molecule has 2 aromatic carbocycles. The minimum Gasteiger partial charge on any atom is -0.496 e. The molecule has 1 saturated heterocycles. The maximum absolute atomic E-state index is 14.7. The Bertz CT molecular complexity index is 1510. The number of nitrogens with zero attached hydrogens (tertiary/aromatic N) is 5. The Balaban J connectivity index is 1.55. The Morgan fingerprint density at radius 2 is 2.05 bits per heavy atom. The highest BCUT2D eigenvalue weighted by Crippen LogP contribution is 2.39. The lowest BCUT2D eigenvalue weighted by atomic mass is 10.1. The van der Waals surface area contributed by atoms with E-state index in [4.69, 9.17) is 20.2 Å². The van der Waals surface area contributed by atoms with E-state index >= 15 is 0 Å². The van der Waals surface area contributed by atoms with E-state index in [2.05, 4.69) is 24.8 Å². The molecule has 1 aliphatic heterocycles. The number of methoxy groups -OCH3 is 2. The Hall–Kier alpha value is -4.09. The summed E-state index contributed by atoms with van der Waals surface area (Å²) in [6, 6.07) is 9.92. The fourth-order valence-electron chi connectivity index (χ4n) is 5.21. The number of aromatic nitrogens is 4. The predicted octanol–water partition coefficient (Wildman–Crippen LogP) is 3.78. The molecule has 10 nitrogen and oxygen atoms in total. The van der Waals surface area contributed by atoms with Gasteiger partial charge in [0.15, 0.2) is 5.82 Å². The number of fused-ring (bicyclic) bond motifs is 1. The molecule has 5 rings (SSSR count). The SMILES string of the molecule is COCCn1c(C)nc2c(N3CCCC3CN)c(NC(=O)c3ccnc(-c4c(F)cccc4OC)n3)ccc21. The Labute approximate surface area is 226 Å². The van der Waals surface area contributed by atoms with Crippen LogP contribution in [-0.4, -0.2) is 65.4 Å². The predicted molar refractivity (Wildman–Crippen MR) is 148 cm³/mol. The topological polar surface area (TPSA) is 120 Å². The van der Waals surface area contributed by atoms with Crippen LogP contribution in [0.2, 0.25) is 0 Å². The van der Waals surface area contributed by atoms with Crippen LogP contribution in [0.1, 0.15) is 29.2 Å². The lowest BCUT2D eigenvalue weighted by molar-refractivity contribution is 0.102. The number of hydrogen-bond donors (Lipinski definition) is 2. The van der Waals surface area contributed by atoms with Crippen molar-refractivity contribution in [2.75, 3.05) is 44.1 Å². The van der Waals surface area contributed by atoms with Crippen LogP contribution >= 0.6 is 0 Å². The third-order valence-corrected chi connectivity index (χ3v) is 7.10. The number of benzene rings is 2. The Morgan fingerprint density at radius 3 is 2.82 bits per heavy atom. The summed E-state index contributed by atoms with van der Waals surface area (Å²) in [6.07, 6.45) is 3.39. The van der Waals surface area contributed by atoms with E-state index in [1.165, 1.54) is 31.5 Å². The second-order valence-corrected chi connectivity index (χ2v) is 9.39. The third-order valence-electron chi connectivity index (χ3n) is 7.10. The van der Waals surface area contributed by atoms with Gasteiger partial charge in [-0.25, -0.2) is 19.3 Å². The van der Waals surface area contributed by atoms with Gasteiger partial charge < -0.3 is 30.0 Å². The van der Waals surface area contributed by atoms with E-state index in [0.717, 1.165) is 41.9 Å². The molecule has 0 aliphatic carbocycles. The number of rotatable bonds is 9. The minimum atomic E-state index is -0.541. The van der Waals surface area contributed by atoms with E-state index in [1.807, 2.05) is 19.1 Å². The molecule has 39 heavy (non-hydrogen) atoms. The molecular weight excluding hydrogens is 501 g/mol. The van der Waals surface area contributed by atoms with Crippen molar-refractivity contribution in [2.45, 2.75) is 32.4 Å². The maximum atomic E-state index is 14.7. The molecule has 2 aromatic heterocycles.